The molecule has 0 aliphatic rings. The van der Waals surface area contributed by atoms with Gasteiger partial charge < -0.3 is 0 Å². The zero-order valence-electron chi connectivity index (χ0n) is 30.1. The van der Waals surface area contributed by atoms with E-state index in [1.54, 1.807) is 33.8 Å². The van der Waals surface area contributed by atoms with Gasteiger partial charge in [0.15, 0.2) is 0 Å². The third-order valence-corrected chi connectivity index (χ3v) is 8.62. The van der Waals surface area contributed by atoms with Crippen LogP contribution in [0.25, 0.3) is 0 Å². The molecule has 0 aliphatic carbocycles. The summed E-state index contributed by atoms with van der Waals surface area (Å²) in [6.07, 6.45) is 10.3. The first kappa shape index (κ1) is 47.5. The van der Waals surface area contributed by atoms with Crippen molar-refractivity contribution < 1.29 is 22.0 Å². The van der Waals surface area contributed by atoms with Crippen LogP contribution in [0.4, 0.5) is 22.0 Å². The van der Waals surface area contributed by atoms with Gasteiger partial charge >= 0.3 is 0 Å². The third kappa shape index (κ3) is 14.2. The molecule has 276 valence electrons. The molecule has 4 rings (SSSR count). The quantitative estimate of drug-likeness (QED) is 0.110. The zero-order chi connectivity index (χ0) is 38.6. The van der Waals surface area contributed by atoms with Gasteiger partial charge in [-0.15, -0.1) is 12.8 Å². The van der Waals surface area contributed by atoms with Crippen molar-refractivity contribution in [3.8, 4) is 24.7 Å². The van der Waals surface area contributed by atoms with Gasteiger partial charge in [-0.05, 0) is 113 Å². The molecule has 0 amide bonds. The van der Waals surface area contributed by atoms with Crippen LogP contribution in [0.3, 0.4) is 0 Å². The lowest BCUT2D eigenvalue weighted by Crippen LogP contribution is -1.97. The van der Waals surface area contributed by atoms with E-state index in [0.29, 0.717) is 32.7 Å². The Bertz CT molecular complexity index is 1820. The average molecular weight is 766 g/mol. The van der Waals surface area contributed by atoms with Crippen molar-refractivity contribution in [1.29, 1.82) is 0 Å². The molecule has 0 spiro atoms. The lowest BCUT2D eigenvalue weighted by atomic mass is 9.98. The number of aryl methyl sites for hydroxylation is 1. The summed E-state index contributed by atoms with van der Waals surface area (Å²) in [5.41, 5.74) is 5.07. The summed E-state index contributed by atoms with van der Waals surface area (Å²) in [6, 6.07) is 11.6. The first-order valence-corrected chi connectivity index (χ1v) is 17.1. The Morgan fingerprint density at radius 3 is 1.57 bits per heavy atom. The minimum Gasteiger partial charge on any atom is -0.207 e. The van der Waals surface area contributed by atoms with Gasteiger partial charge in [0, 0.05) is 21.7 Å². The van der Waals surface area contributed by atoms with Gasteiger partial charge in [0.05, 0.1) is 10.6 Å². The van der Waals surface area contributed by atoms with Crippen LogP contribution in [0.15, 0.2) is 48.5 Å². The smallest absolute Gasteiger partial charge is 0.142 e. The van der Waals surface area contributed by atoms with Crippen LogP contribution in [-0.2, 0) is 0 Å². The van der Waals surface area contributed by atoms with Crippen LogP contribution in [0.5, 0.6) is 0 Å². The minimum atomic E-state index is -0.498. The molecule has 0 bridgehead atoms. The van der Waals surface area contributed by atoms with Crippen molar-refractivity contribution in [2.45, 2.75) is 100 Å². The molecule has 4 aromatic carbocycles. The van der Waals surface area contributed by atoms with E-state index in [1.807, 2.05) is 39.8 Å². The molecule has 0 unspecified atom stereocenters. The molecule has 51 heavy (non-hydrogen) atoms. The molecule has 0 aromatic heterocycles. The number of halogens is 8. The molecule has 0 atom stereocenters. The highest BCUT2D eigenvalue weighted by atomic mass is 35.5. The van der Waals surface area contributed by atoms with E-state index in [9.17, 15) is 22.0 Å². The second-order valence-corrected chi connectivity index (χ2v) is 14.0. The topological polar surface area (TPSA) is 0 Å². The highest BCUT2D eigenvalue weighted by Crippen LogP contribution is 2.35. The van der Waals surface area contributed by atoms with Crippen molar-refractivity contribution in [3.05, 3.63) is 137 Å². The van der Waals surface area contributed by atoms with Gasteiger partial charge in [-0.2, -0.15) is 0 Å². The highest BCUT2D eigenvalue weighted by molar-refractivity contribution is 6.36. The number of benzene rings is 4. The predicted octanol–water partition coefficient (Wildman–Crippen LogP) is 15.1. The van der Waals surface area contributed by atoms with E-state index < -0.39 is 29.1 Å². The van der Waals surface area contributed by atoms with Crippen molar-refractivity contribution >= 4 is 34.8 Å². The van der Waals surface area contributed by atoms with E-state index >= 15 is 0 Å². The van der Waals surface area contributed by atoms with E-state index in [1.165, 1.54) is 23.8 Å². The molecule has 8 heteroatoms. The largest absolute Gasteiger partial charge is 0.207 e. The van der Waals surface area contributed by atoms with Crippen LogP contribution in [0.2, 0.25) is 15.1 Å². The number of hydrogen-bond acceptors (Lipinski definition) is 0. The molecule has 4 aromatic rings. The van der Waals surface area contributed by atoms with Crippen molar-refractivity contribution in [2.24, 2.45) is 0 Å². The maximum absolute atomic E-state index is 13.4. The number of terminal acetylenes is 2. The van der Waals surface area contributed by atoms with E-state index in [0.717, 1.165) is 28.8 Å². The maximum Gasteiger partial charge on any atom is 0.142 e. The molecule has 0 N–H and O–H groups in total. The summed E-state index contributed by atoms with van der Waals surface area (Å²) in [5, 5.41) is 1.43. The van der Waals surface area contributed by atoms with Crippen LogP contribution >= 0.6 is 34.8 Å². The van der Waals surface area contributed by atoms with Gasteiger partial charge in [-0.3, -0.25) is 0 Å². The molecule has 0 saturated carbocycles. The normalized spacial score (nSPS) is 10.3. The van der Waals surface area contributed by atoms with Gasteiger partial charge in [-0.25, -0.2) is 22.0 Å². The van der Waals surface area contributed by atoms with Crippen LogP contribution in [0, 0.1) is 67.6 Å². The zero-order valence-corrected chi connectivity index (χ0v) is 32.4. The molecular weight excluding hydrogens is 718 g/mol. The fraction of sp³-hybridized carbons (Fsp3) is 0.349. The summed E-state index contributed by atoms with van der Waals surface area (Å²) in [4.78, 5) is 0. The van der Waals surface area contributed by atoms with Gasteiger partial charge in [-0.1, -0.05) is 109 Å². The minimum absolute atomic E-state index is 0. The fourth-order valence-electron chi connectivity index (χ4n) is 4.69. The average Bonchev–Trinajstić information content (AvgIpc) is 3.03. The first-order chi connectivity index (χ1) is 23.2. The first-order valence-electron chi connectivity index (χ1n) is 16.0. The molecule has 0 nitrogen and oxygen atoms in total. The van der Waals surface area contributed by atoms with Crippen LogP contribution in [0.1, 0.15) is 131 Å². The Kier molecular flexibility index (Phi) is 20.3. The van der Waals surface area contributed by atoms with Crippen molar-refractivity contribution in [3.63, 3.8) is 0 Å². The van der Waals surface area contributed by atoms with Crippen LogP contribution < -0.4 is 0 Å². The summed E-state index contributed by atoms with van der Waals surface area (Å²) >= 11 is 17.7. The highest BCUT2D eigenvalue weighted by Gasteiger charge is 2.16. The van der Waals surface area contributed by atoms with E-state index in [4.69, 9.17) is 47.6 Å². The lowest BCUT2D eigenvalue weighted by Gasteiger charge is -2.13. The maximum atomic E-state index is 13.4. The molecule has 0 radical (unpaired) electrons. The third-order valence-electron chi connectivity index (χ3n) is 7.52. The monoisotopic (exact) mass is 764 g/mol. The van der Waals surface area contributed by atoms with Crippen molar-refractivity contribution in [1.82, 2.24) is 0 Å². The fourth-order valence-corrected chi connectivity index (χ4v) is 5.72. The van der Waals surface area contributed by atoms with E-state index in [-0.39, 0.29) is 35.8 Å². The summed E-state index contributed by atoms with van der Waals surface area (Å²) in [5.74, 6) is 3.06. The molecule has 0 saturated heterocycles. The number of hydrogen-bond donors (Lipinski definition) is 0. The molecule has 0 fully saturated rings. The van der Waals surface area contributed by atoms with Gasteiger partial charge in [0.1, 0.15) is 29.1 Å². The summed E-state index contributed by atoms with van der Waals surface area (Å²) in [7, 11) is 0. The van der Waals surface area contributed by atoms with Gasteiger partial charge in [0.2, 0.25) is 0 Å². The Morgan fingerprint density at radius 2 is 1.10 bits per heavy atom. The Hall–Kier alpha value is -3.48. The Morgan fingerprint density at radius 1 is 0.569 bits per heavy atom. The second-order valence-electron chi connectivity index (χ2n) is 12.9. The SMILES string of the molecule is C.C#Cc1cc(Cl)cc(C(C)C)c1.C#Cc1cc(F)cc(C(C)C)c1F.Cc1c(F)cc(F)cc1C(C)C.Cc1cc(F)c(Cl)c(C(C)C)c1Cl. The molecule has 0 heterocycles. The van der Waals surface area contributed by atoms with E-state index in [2.05, 4.69) is 25.7 Å². The second kappa shape index (κ2) is 21.8. The summed E-state index contributed by atoms with van der Waals surface area (Å²) < 4.78 is 65.2. The summed E-state index contributed by atoms with van der Waals surface area (Å²) in [6.45, 7) is 19.0. The van der Waals surface area contributed by atoms with Crippen molar-refractivity contribution in [2.75, 3.05) is 0 Å². The predicted molar refractivity (Wildman–Crippen MR) is 209 cm³/mol. The Labute approximate surface area is 317 Å². The molecular formula is C43H48Cl3F5. The van der Waals surface area contributed by atoms with Crippen LogP contribution in [-0.4, -0.2) is 0 Å². The number of rotatable bonds is 4. The lowest BCUT2D eigenvalue weighted by molar-refractivity contribution is 0.570. The molecule has 0 aliphatic heterocycles. The van der Waals surface area contributed by atoms with Gasteiger partial charge in [0.25, 0.3) is 0 Å². The standard InChI is InChI=1S/C11H11Cl.C11H10F2.C10H11Cl2F.C10H12F2.CH4/c1-4-9-5-10(8(2)3)7-11(12)6-9;1-4-8-5-9(12)6-10(7(2)3)11(8)13;1-5(2)8-9(11)6(3)4-7(13)10(8)12;1-6(2)9-4-8(11)5-10(12)7(9)3;/h1,5-8H,2-3H3;1,5-7H,2-3H3;4-5H,1-3H3;4-6H,1-3H3;1H4. The Balaban J connectivity index is 0.000000650.